The van der Waals surface area contributed by atoms with Crippen LogP contribution in [0.5, 0.6) is 0 Å². The van der Waals surface area contributed by atoms with Crippen LogP contribution in [0.1, 0.15) is 33.5 Å². The number of nitrogens with zero attached hydrogens (tertiary/aromatic N) is 3. The Labute approximate surface area is 142 Å². The fraction of sp³-hybridized carbons (Fsp3) is 0.412. The minimum atomic E-state index is -3.57. The Morgan fingerprint density at radius 3 is 2.38 bits per heavy atom. The van der Waals surface area contributed by atoms with Gasteiger partial charge in [-0.05, 0) is 49.9 Å². The van der Waals surface area contributed by atoms with Gasteiger partial charge in [-0.2, -0.15) is 4.31 Å². The molecule has 1 aromatic heterocycles. The number of hydrogen-bond donors (Lipinski definition) is 1. The third kappa shape index (κ3) is 2.67. The van der Waals surface area contributed by atoms with Gasteiger partial charge in [-0.15, -0.1) is 0 Å². The highest BCUT2D eigenvalue weighted by atomic mass is 32.2. The van der Waals surface area contributed by atoms with Crippen LogP contribution >= 0.6 is 0 Å². The van der Waals surface area contributed by atoms with E-state index >= 15 is 0 Å². The largest absolute Gasteiger partial charge is 0.368 e. The van der Waals surface area contributed by atoms with E-state index in [-0.39, 0.29) is 12.5 Å². The molecule has 3 rings (SSSR count). The number of hydrogen-bond acceptors (Lipinski definition) is 5. The van der Waals surface area contributed by atoms with E-state index in [2.05, 4.69) is 9.97 Å². The van der Waals surface area contributed by atoms with Gasteiger partial charge in [0.25, 0.3) is 0 Å². The van der Waals surface area contributed by atoms with Crippen molar-refractivity contribution in [2.75, 3.05) is 12.3 Å². The molecule has 7 heteroatoms. The predicted molar refractivity (Wildman–Crippen MR) is 93.1 cm³/mol. The van der Waals surface area contributed by atoms with Crippen molar-refractivity contribution in [2.45, 2.75) is 45.6 Å². The van der Waals surface area contributed by atoms with Crippen molar-refractivity contribution in [1.29, 1.82) is 0 Å². The molecule has 128 valence electrons. The molecule has 0 spiro atoms. The molecule has 0 amide bonds. The lowest BCUT2D eigenvalue weighted by atomic mass is 10.0. The first-order valence-electron chi connectivity index (χ1n) is 7.89. The predicted octanol–water partition coefficient (Wildman–Crippen LogP) is 2.04. The Morgan fingerprint density at radius 1 is 1.12 bits per heavy atom. The lowest BCUT2D eigenvalue weighted by Crippen LogP contribution is -2.37. The van der Waals surface area contributed by atoms with Gasteiger partial charge < -0.3 is 5.73 Å². The van der Waals surface area contributed by atoms with Crippen LogP contribution in [-0.2, 0) is 23.0 Å². The summed E-state index contributed by atoms with van der Waals surface area (Å²) in [6, 6.07) is 2.03. The SMILES string of the molecule is Cc1cc(C)c(C)c(S(=O)(=O)N2CCc3nc(N)ncc3C2)c1C. The Balaban J connectivity index is 2.06. The lowest BCUT2D eigenvalue weighted by molar-refractivity contribution is 0.386. The average molecular weight is 346 g/mol. The first-order chi connectivity index (χ1) is 11.2. The van der Waals surface area contributed by atoms with Gasteiger partial charge >= 0.3 is 0 Å². The zero-order valence-corrected chi connectivity index (χ0v) is 15.2. The van der Waals surface area contributed by atoms with Gasteiger partial charge in [-0.3, -0.25) is 0 Å². The number of rotatable bonds is 2. The third-order valence-corrected chi connectivity index (χ3v) is 6.93. The maximum absolute atomic E-state index is 13.3. The molecular formula is C17H22N4O2S. The van der Waals surface area contributed by atoms with E-state index in [4.69, 9.17) is 5.73 Å². The van der Waals surface area contributed by atoms with E-state index in [0.717, 1.165) is 33.5 Å². The molecule has 1 aromatic carbocycles. The molecule has 0 radical (unpaired) electrons. The first-order valence-corrected chi connectivity index (χ1v) is 9.33. The van der Waals surface area contributed by atoms with Gasteiger partial charge in [0.15, 0.2) is 0 Å². The lowest BCUT2D eigenvalue weighted by Gasteiger charge is -2.29. The van der Waals surface area contributed by atoms with Gasteiger partial charge in [0, 0.05) is 31.3 Å². The molecule has 0 bridgehead atoms. The molecule has 2 N–H and O–H groups in total. The number of aryl methyl sites for hydroxylation is 2. The van der Waals surface area contributed by atoms with Crippen molar-refractivity contribution in [2.24, 2.45) is 0 Å². The standard InChI is InChI=1S/C17H22N4O2S/c1-10-7-11(2)13(4)16(12(10)3)24(22,23)21-6-5-15-14(9-21)8-19-17(18)20-15/h7-8H,5-6,9H2,1-4H3,(H2,18,19,20). The molecule has 1 aliphatic heterocycles. The van der Waals surface area contributed by atoms with Gasteiger partial charge in [0.1, 0.15) is 0 Å². The minimum absolute atomic E-state index is 0.228. The highest BCUT2D eigenvalue weighted by Gasteiger charge is 2.32. The Morgan fingerprint density at radius 2 is 1.75 bits per heavy atom. The van der Waals surface area contributed by atoms with E-state index < -0.39 is 10.0 Å². The number of nitrogens with two attached hydrogens (primary N) is 1. The van der Waals surface area contributed by atoms with Crippen LogP contribution in [0, 0.1) is 27.7 Å². The molecular weight excluding hydrogens is 324 g/mol. The monoisotopic (exact) mass is 346 g/mol. The molecule has 0 saturated heterocycles. The smallest absolute Gasteiger partial charge is 0.243 e. The van der Waals surface area contributed by atoms with Crippen LogP contribution in [0.4, 0.5) is 5.95 Å². The number of sulfonamides is 1. The highest BCUT2D eigenvalue weighted by molar-refractivity contribution is 7.89. The fourth-order valence-electron chi connectivity index (χ4n) is 3.21. The molecule has 24 heavy (non-hydrogen) atoms. The normalized spacial score (nSPS) is 15.3. The van der Waals surface area contributed by atoms with Crippen LogP contribution in [0.3, 0.4) is 0 Å². The number of anilines is 1. The fourth-order valence-corrected chi connectivity index (χ4v) is 5.20. The number of benzene rings is 1. The number of aromatic nitrogens is 2. The summed E-state index contributed by atoms with van der Waals surface area (Å²) in [7, 11) is -3.57. The second-order valence-electron chi connectivity index (χ2n) is 6.38. The zero-order chi connectivity index (χ0) is 17.6. The van der Waals surface area contributed by atoms with E-state index in [1.54, 1.807) is 6.20 Å². The topological polar surface area (TPSA) is 89.2 Å². The molecule has 2 aromatic rings. The first kappa shape index (κ1) is 16.9. The molecule has 0 saturated carbocycles. The maximum Gasteiger partial charge on any atom is 0.243 e. The molecule has 0 fully saturated rings. The summed E-state index contributed by atoms with van der Waals surface area (Å²) >= 11 is 0. The van der Waals surface area contributed by atoms with Crippen LogP contribution in [-0.4, -0.2) is 29.2 Å². The van der Waals surface area contributed by atoms with Gasteiger partial charge in [-0.25, -0.2) is 18.4 Å². The minimum Gasteiger partial charge on any atom is -0.368 e. The molecule has 0 atom stereocenters. The van der Waals surface area contributed by atoms with E-state index in [9.17, 15) is 8.42 Å². The van der Waals surface area contributed by atoms with E-state index in [0.29, 0.717) is 17.9 Å². The molecule has 0 aliphatic carbocycles. The van der Waals surface area contributed by atoms with Crippen molar-refractivity contribution < 1.29 is 8.42 Å². The van der Waals surface area contributed by atoms with E-state index in [1.165, 1.54) is 4.31 Å². The summed E-state index contributed by atoms with van der Waals surface area (Å²) in [6.07, 6.45) is 2.17. The van der Waals surface area contributed by atoms with Gasteiger partial charge in [-0.1, -0.05) is 6.07 Å². The number of fused-ring (bicyclic) bond motifs is 1. The summed E-state index contributed by atoms with van der Waals surface area (Å²) in [5.74, 6) is 0.228. The maximum atomic E-state index is 13.3. The molecule has 0 unspecified atom stereocenters. The van der Waals surface area contributed by atoms with Crippen LogP contribution in [0.25, 0.3) is 0 Å². The quantitative estimate of drug-likeness (QED) is 0.899. The van der Waals surface area contributed by atoms with Crippen molar-refractivity contribution in [1.82, 2.24) is 14.3 Å². The van der Waals surface area contributed by atoms with Crippen LogP contribution in [0.15, 0.2) is 17.2 Å². The summed E-state index contributed by atoms with van der Waals surface area (Å²) in [5.41, 5.74) is 10.9. The van der Waals surface area contributed by atoms with E-state index in [1.807, 2.05) is 33.8 Å². The summed E-state index contributed by atoms with van der Waals surface area (Å²) in [4.78, 5) is 8.63. The van der Waals surface area contributed by atoms with Crippen LogP contribution in [0.2, 0.25) is 0 Å². The Bertz CT molecular complexity index is 896. The van der Waals surface area contributed by atoms with Crippen LogP contribution < -0.4 is 5.73 Å². The van der Waals surface area contributed by atoms with Crippen molar-refractivity contribution in [3.8, 4) is 0 Å². The Hall–Kier alpha value is -1.99. The average Bonchev–Trinajstić information content (AvgIpc) is 2.52. The molecule has 1 aliphatic rings. The summed E-state index contributed by atoms with van der Waals surface area (Å²) in [5, 5.41) is 0. The van der Waals surface area contributed by atoms with Gasteiger partial charge in [0.2, 0.25) is 16.0 Å². The molecule has 6 nitrogen and oxygen atoms in total. The highest BCUT2D eigenvalue weighted by Crippen LogP contribution is 2.31. The van der Waals surface area contributed by atoms with Crippen molar-refractivity contribution >= 4 is 16.0 Å². The number of nitrogen functional groups attached to an aromatic ring is 1. The Kier molecular flexibility index (Phi) is 4.09. The second-order valence-corrected chi connectivity index (χ2v) is 8.25. The molecule has 2 heterocycles. The zero-order valence-electron chi connectivity index (χ0n) is 14.4. The second kappa shape index (κ2) is 5.82. The van der Waals surface area contributed by atoms with Crippen molar-refractivity contribution in [3.05, 3.63) is 45.8 Å². The summed E-state index contributed by atoms with van der Waals surface area (Å²) in [6.45, 7) is 8.32. The van der Waals surface area contributed by atoms with Crippen molar-refractivity contribution in [3.63, 3.8) is 0 Å². The third-order valence-electron chi connectivity index (χ3n) is 4.81. The van der Waals surface area contributed by atoms with Gasteiger partial charge in [0.05, 0.1) is 10.6 Å². The summed E-state index contributed by atoms with van der Waals surface area (Å²) < 4.78 is 28.1.